The molecule has 1 saturated heterocycles. The second kappa shape index (κ2) is 5.25. The number of rotatable bonds is 4. The van der Waals surface area contributed by atoms with E-state index in [1.54, 1.807) is 0 Å². The molecule has 1 aliphatic heterocycles. The van der Waals surface area contributed by atoms with Gasteiger partial charge in [-0.25, -0.2) is 0 Å². The highest BCUT2D eigenvalue weighted by molar-refractivity contribution is 6.32. The second-order valence-electron chi connectivity index (χ2n) is 4.73. The molecule has 0 aliphatic carbocycles. The molecule has 17 heavy (non-hydrogen) atoms. The molecule has 0 aromatic heterocycles. The van der Waals surface area contributed by atoms with Gasteiger partial charge in [-0.1, -0.05) is 24.6 Å². The number of hydrogen-bond acceptors (Lipinski definition) is 3. The minimum atomic E-state index is 0.108. The molecule has 0 amide bonds. The zero-order chi connectivity index (χ0) is 12.4. The molecular formula is C13H18ClNO2. The van der Waals surface area contributed by atoms with E-state index >= 15 is 0 Å². The summed E-state index contributed by atoms with van der Waals surface area (Å²) in [5.41, 5.74) is 1.04. The molecule has 0 saturated carbocycles. The van der Waals surface area contributed by atoms with Crippen LogP contribution in [0, 0.1) is 0 Å². The van der Waals surface area contributed by atoms with Crippen LogP contribution >= 0.6 is 11.6 Å². The van der Waals surface area contributed by atoms with Gasteiger partial charge in [0.1, 0.15) is 11.9 Å². The molecule has 0 bridgehead atoms. The van der Waals surface area contributed by atoms with Crippen LogP contribution in [0.15, 0.2) is 18.2 Å². The zero-order valence-electron chi connectivity index (χ0n) is 10.2. The van der Waals surface area contributed by atoms with Crippen molar-refractivity contribution >= 4 is 11.6 Å². The van der Waals surface area contributed by atoms with Crippen LogP contribution in [-0.2, 0) is 0 Å². The van der Waals surface area contributed by atoms with Gasteiger partial charge in [0, 0.05) is 25.6 Å². The molecule has 1 atom stereocenters. The van der Waals surface area contributed by atoms with Crippen molar-refractivity contribution in [3.05, 3.63) is 28.8 Å². The molecule has 2 rings (SSSR count). The minimum absolute atomic E-state index is 0.108. The van der Waals surface area contributed by atoms with E-state index in [0.29, 0.717) is 5.02 Å². The first-order chi connectivity index (χ1) is 8.10. The van der Waals surface area contributed by atoms with Crippen molar-refractivity contribution in [2.45, 2.75) is 18.9 Å². The first-order valence-electron chi connectivity index (χ1n) is 5.85. The maximum Gasteiger partial charge on any atom is 0.138 e. The van der Waals surface area contributed by atoms with Crippen LogP contribution in [-0.4, -0.2) is 42.9 Å². The van der Waals surface area contributed by atoms with Crippen LogP contribution < -0.4 is 4.74 Å². The van der Waals surface area contributed by atoms with Crippen molar-refractivity contribution in [1.82, 2.24) is 4.90 Å². The Morgan fingerprint density at radius 1 is 1.53 bits per heavy atom. The number of aliphatic hydroxyl groups is 1. The first kappa shape index (κ1) is 12.7. The molecular weight excluding hydrogens is 238 g/mol. The molecule has 1 unspecified atom stereocenters. The average Bonchev–Trinajstić information content (AvgIpc) is 2.28. The van der Waals surface area contributed by atoms with Crippen LogP contribution in [0.1, 0.15) is 18.4 Å². The summed E-state index contributed by atoms with van der Waals surface area (Å²) in [6, 6.07) is 5.73. The number of likely N-dealkylation sites (tertiary alicyclic amines) is 1. The number of ether oxygens (including phenoxy) is 1. The average molecular weight is 256 g/mol. The van der Waals surface area contributed by atoms with Crippen molar-refractivity contribution in [2.75, 3.05) is 26.7 Å². The van der Waals surface area contributed by atoms with Gasteiger partial charge < -0.3 is 9.84 Å². The fourth-order valence-corrected chi connectivity index (χ4v) is 2.15. The Hall–Kier alpha value is -0.770. The van der Waals surface area contributed by atoms with E-state index in [2.05, 4.69) is 11.9 Å². The number of halogens is 1. The van der Waals surface area contributed by atoms with Crippen molar-refractivity contribution < 1.29 is 9.84 Å². The van der Waals surface area contributed by atoms with Crippen LogP contribution in [0.25, 0.3) is 0 Å². The summed E-state index contributed by atoms with van der Waals surface area (Å²) in [7, 11) is 2.06. The Kier molecular flexibility index (Phi) is 3.92. The molecule has 1 aromatic rings. The van der Waals surface area contributed by atoms with Gasteiger partial charge >= 0.3 is 0 Å². The van der Waals surface area contributed by atoms with Crippen molar-refractivity contribution in [1.29, 1.82) is 0 Å². The lowest BCUT2D eigenvalue weighted by molar-refractivity contribution is 0.0389. The van der Waals surface area contributed by atoms with E-state index in [-0.39, 0.29) is 18.6 Å². The molecule has 0 radical (unpaired) electrons. The fourth-order valence-electron chi connectivity index (χ4n) is 1.92. The highest BCUT2D eigenvalue weighted by Gasteiger charge is 2.25. The molecule has 0 spiro atoms. The Balaban J connectivity index is 2.04. The summed E-state index contributed by atoms with van der Waals surface area (Å²) in [5, 5.41) is 9.71. The molecule has 1 aromatic carbocycles. The summed E-state index contributed by atoms with van der Waals surface area (Å²) in [4.78, 5) is 2.20. The predicted molar refractivity (Wildman–Crippen MR) is 68.9 cm³/mol. The third-order valence-electron chi connectivity index (χ3n) is 3.12. The van der Waals surface area contributed by atoms with Gasteiger partial charge in [0.15, 0.2) is 0 Å². The fraction of sp³-hybridized carbons (Fsp3) is 0.538. The van der Waals surface area contributed by atoms with Crippen molar-refractivity contribution in [3.63, 3.8) is 0 Å². The Labute approximate surface area is 107 Å². The van der Waals surface area contributed by atoms with Gasteiger partial charge in [-0.3, -0.25) is 4.90 Å². The second-order valence-corrected chi connectivity index (χ2v) is 5.14. The predicted octanol–water partition coefficient (Wildman–Crippen LogP) is 2.13. The van der Waals surface area contributed by atoms with Crippen molar-refractivity contribution in [2.24, 2.45) is 0 Å². The van der Waals surface area contributed by atoms with Gasteiger partial charge in [0.25, 0.3) is 0 Å². The molecule has 1 aliphatic rings. The number of benzene rings is 1. The molecule has 1 N–H and O–H groups in total. The Morgan fingerprint density at radius 2 is 2.24 bits per heavy atom. The van der Waals surface area contributed by atoms with Crippen LogP contribution in [0.2, 0.25) is 5.02 Å². The lowest BCUT2D eigenvalue weighted by atomic mass is 10.0. The van der Waals surface area contributed by atoms with E-state index in [1.165, 1.54) is 0 Å². The Morgan fingerprint density at radius 3 is 2.76 bits per heavy atom. The van der Waals surface area contributed by atoms with Crippen LogP contribution in [0.5, 0.6) is 5.75 Å². The summed E-state index contributed by atoms with van der Waals surface area (Å²) < 4.78 is 5.78. The largest absolute Gasteiger partial charge is 0.486 e. The minimum Gasteiger partial charge on any atom is -0.486 e. The zero-order valence-corrected chi connectivity index (χ0v) is 10.9. The quantitative estimate of drug-likeness (QED) is 0.895. The maximum atomic E-state index is 9.09. The van der Waals surface area contributed by atoms with E-state index in [0.717, 1.165) is 24.4 Å². The first-order valence-corrected chi connectivity index (χ1v) is 6.23. The Bertz CT molecular complexity index is 391. The number of hydrogen-bond donors (Lipinski definition) is 1. The number of nitrogens with zero attached hydrogens (tertiary/aromatic N) is 1. The third kappa shape index (κ3) is 2.92. The van der Waals surface area contributed by atoms with Gasteiger partial charge in [0.05, 0.1) is 5.02 Å². The molecule has 1 fully saturated rings. The lowest BCUT2D eigenvalue weighted by Crippen LogP contribution is -2.51. The van der Waals surface area contributed by atoms with Crippen LogP contribution in [0.3, 0.4) is 0 Å². The monoisotopic (exact) mass is 255 g/mol. The topological polar surface area (TPSA) is 32.7 Å². The highest BCUT2D eigenvalue weighted by Crippen LogP contribution is 2.30. The van der Waals surface area contributed by atoms with Crippen LogP contribution in [0.4, 0.5) is 0 Å². The number of aliphatic hydroxyl groups excluding tert-OH is 1. The molecule has 3 nitrogen and oxygen atoms in total. The van der Waals surface area contributed by atoms with Crippen molar-refractivity contribution in [3.8, 4) is 5.75 Å². The highest BCUT2D eigenvalue weighted by atomic mass is 35.5. The SMILES string of the molecule is CC(CO)c1ccc(OC2CN(C)C2)c(Cl)c1. The maximum absolute atomic E-state index is 9.09. The molecule has 4 heteroatoms. The van der Waals surface area contributed by atoms with Gasteiger partial charge in [0.2, 0.25) is 0 Å². The smallest absolute Gasteiger partial charge is 0.138 e. The summed E-state index contributed by atoms with van der Waals surface area (Å²) >= 11 is 6.17. The normalized spacial score (nSPS) is 18.8. The summed E-state index contributed by atoms with van der Waals surface area (Å²) in [5.74, 6) is 0.843. The molecule has 1 heterocycles. The van der Waals surface area contributed by atoms with Gasteiger partial charge in [-0.05, 0) is 24.7 Å². The van der Waals surface area contributed by atoms with Gasteiger partial charge in [-0.15, -0.1) is 0 Å². The lowest BCUT2D eigenvalue weighted by Gasteiger charge is -2.36. The summed E-state index contributed by atoms with van der Waals surface area (Å²) in [6.45, 7) is 3.99. The van der Waals surface area contributed by atoms with E-state index in [9.17, 15) is 0 Å². The van der Waals surface area contributed by atoms with E-state index in [1.807, 2.05) is 25.1 Å². The number of likely N-dealkylation sites (N-methyl/N-ethyl adjacent to an activating group) is 1. The third-order valence-corrected chi connectivity index (χ3v) is 3.42. The van der Waals surface area contributed by atoms with E-state index < -0.39 is 0 Å². The standard InChI is InChI=1S/C13H18ClNO2/c1-9(8-16)10-3-4-13(12(14)5-10)17-11-6-15(2)7-11/h3-5,9,11,16H,6-8H2,1-2H3. The molecule has 94 valence electrons. The summed E-state index contributed by atoms with van der Waals surface area (Å²) in [6.07, 6.45) is 0.249. The van der Waals surface area contributed by atoms with E-state index in [4.69, 9.17) is 21.4 Å². The van der Waals surface area contributed by atoms with Gasteiger partial charge in [-0.2, -0.15) is 0 Å².